The summed E-state index contributed by atoms with van der Waals surface area (Å²) in [6.45, 7) is 0. The van der Waals surface area contributed by atoms with Crippen LogP contribution in [0.5, 0.6) is 0 Å². The molecule has 1 heterocycles. The zero-order valence-corrected chi connectivity index (χ0v) is 17.2. The summed E-state index contributed by atoms with van der Waals surface area (Å²) in [6, 6.07) is 19.3. The fourth-order valence-corrected chi connectivity index (χ4v) is 5.27. The molecular weight excluding hydrogens is 384 g/mol. The lowest BCUT2D eigenvalue weighted by molar-refractivity contribution is -0.116. The largest absolute Gasteiger partial charge is 0.289 e. The Morgan fingerprint density at radius 3 is 1.54 bits per heavy atom. The molecule has 0 amide bonds. The minimum atomic E-state index is -0.233. The van der Waals surface area contributed by atoms with Gasteiger partial charge in [-0.15, -0.1) is 23.5 Å². The minimum absolute atomic E-state index is 0.233. The van der Waals surface area contributed by atoms with Crippen LogP contribution in [0.2, 0.25) is 0 Å². The van der Waals surface area contributed by atoms with Gasteiger partial charge in [0.25, 0.3) is 0 Å². The van der Waals surface area contributed by atoms with Gasteiger partial charge >= 0.3 is 0 Å². The first kappa shape index (κ1) is 20.4. The minimum Gasteiger partial charge on any atom is -0.289 e. The lowest BCUT2D eigenvalue weighted by Crippen LogP contribution is -2.10. The molecule has 28 heavy (non-hydrogen) atoms. The van der Waals surface area contributed by atoms with Crippen molar-refractivity contribution in [1.82, 2.24) is 0 Å². The summed E-state index contributed by atoms with van der Waals surface area (Å²) >= 11 is 3.25. The van der Waals surface area contributed by atoms with Crippen molar-refractivity contribution in [3.8, 4) is 0 Å². The number of hydrogen-bond acceptors (Lipinski definition) is 4. The summed E-state index contributed by atoms with van der Waals surface area (Å²) in [6.07, 6.45) is 8.77. The second kappa shape index (κ2) is 10.9. The van der Waals surface area contributed by atoms with Gasteiger partial charge in [0.2, 0.25) is 0 Å². The third-order valence-corrected chi connectivity index (χ3v) is 6.78. The van der Waals surface area contributed by atoms with E-state index in [1.807, 2.05) is 60.7 Å². The van der Waals surface area contributed by atoms with Crippen molar-refractivity contribution < 1.29 is 9.59 Å². The molecule has 1 saturated heterocycles. The van der Waals surface area contributed by atoms with Crippen LogP contribution < -0.4 is 0 Å². The van der Waals surface area contributed by atoms with Crippen molar-refractivity contribution in [3.05, 3.63) is 93.8 Å². The number of thioether (sulfide) groups is 2. The normalized spacial score (nSPS) is 14.9. The van der Waals surface area contributed by atoms with Gasteiger partial charge in [0, 0.05) is 0 Å². The zero-order chi connectivity index (χ0) is 19.6. The van der Waals surface area contributed by atoms with Crippen LogP contribution in [0.4, 0.5) is 0 Å². The van der Waals surface area contributed by atoms with E-state index < -0.39 is 0 Å². The van der Waals surface area contributed by atoms with Crippen LogP contribution in [0.15, 0.2) is 82.6 Å². The predicted molar refractivity (Wildman–Crippen MR) is 122 cm³/mol. The van der Waals surface area contributed by atoms with Gasteiger partial charge in [0.1, 0.15) is 0 Å². The number of hydrogen-bond donors (Lipinski definition) is 0. The van der Waals surface area contributed by atoms with E-state index in [2.05, 4.69) is 0 Å². The van der Waals surface area contributed by atoms with Crippen molar-refractivity contribution in [3.63, 3.8) is 0 Å². The Balaban J connectivity index is 1.87. The van der Waals surface area contributed by atoms with Crippen molar-refractivity contribution >= 4 is 47.2 Å². The van der Waals surface area contributed by atoms with E-state index in [1.165, 1.54) is 12.2 Å². The van der Waals surface area contributed by atoms with Crippen LogP contribution in [-0.4, -0.2) is 23.1 Å². The third kappa shape index (κ3) is 6.11. The van der Waals surface area contributed by atoms with Gasteiger partial charge in [-0.25, -0.2) is 0 Å². The van der Waals surface area contributed by atoms with E-state index in [9.17, 15) is 9.59 Å². The van der Waals surface area contributed by atoms with Crippen LogP contribution in [0.1, 0.15) is 24.0 Å². The van der Waals surface area contributed by atoms with Crippen LogP contribution in [-0.2, 0) is 9.59 Å². The lowest BCUT2D eigenvalue weighted by Gasteiger charge is -2.08. The molecule has 1 aliphatic rings. The molecule has 142 valence electrons. The standard InChI is InChI=1S/C24H22O2S2/c25-21(15-13-19-9-3-1-4-10-19)23(24-27-17-7-8-18-28-24)22(26)16-14-20-11-5-2-6-12-20/h1-6,9-16H,7-8,17-18H2. The maximum absolute atomic E-state index is 13.0. The van der Waals surface area contributed by atoms with Crippen molar-refractivity contribution in [1.29, 1.82) is 0 Å². The molecule has 2 aromatic carbocycles. The average molecular weight is 407 g/mol. The van der Waals surface area contributed by atoms with Gasteiger partial charge < -0.3 is 0 Å². The van der Waals surface area contributed by atoms with Crippen LogP contribution >= 0.6 is 23.5 Å². The van der Waals surface area contributed by atoms with E-state index in [1.54, 1.807) is 35.7 Å². The number of rotatable bonds is 6. The van der Waals surface area contributed by atoms with Crippen molar-refractivity contribution in [2.45, 2.75) is 12.8 Å². The fraction of sp³-hybridized carbons (Fsp3) is 0.167. The molecule has 0 aliphatic carbocycles. The van der Waals surface area contributed by atoms with E-state index in [0.717, 1.165) is 39.7 Å². The van der Waals surface area contributed by atoms with Gasteiger partial charge in [0.05, 0.1) is 9.81 Å². The highest BCUT2D eigenvalue weighted by Gasteiger charge is 2.21. The van der Waals surface area contributed by atoms with E-state index >= 15 is 0 Å². The Kier molecular flexibility index (Phi) is 7.94. The second-order valence-electron chi connectivity index (χ2n) is 6.28. The quantitative estimate of drug-likeness (QED) is 0.334. The lowest BCUT2D eigenvalue weighted by atomic mass is 10.1. The molecule has 0 N–H and O–H groups in total. The van der Waals surface area contributed by atoms with Crippen molar-refractivity contribution in [2.75, 3.05) is 11.5 Å². The number of carbonyl (C=O) groups excluding carboxylic acids is 2. The summed E-state index contributed by atoms with van der Waals surface area (Å²) < 4.78 is 0.850. The second-order valence-corrected chi connectivity index (χ2v) is 8.75. The summed E-state index contributed by atoms with van der Waals surface area (Å²) in [4.78, 5) is 25.9. The molecule has 0 bridgehead atoms. The number of allylic oxidation sites excluding steroid dienone is 3. The van der Waals surface area contributed by atoms with Gasteiger partial charge in [-0.3, -0.25) is 9.59 Å². The Labute approximate surface area is 174 Å². The Hall–Kier alpha value is -2.30. The number of carbonyl (C=O) groups is 2. The molecule has 3 rings (SSSR count). The van der Waals surface area contributed by atoms with Crippen LogP contribution in [0, 0.1) is 0 Å². The molecule has 1 fully saturated rings. The maximum atomic E-state index is 13.0. The fourth-order valence-electron chi connectivity index (χ4n) is 2.68. The maximum Gasteiger partial charge on any atom is 0.191 e. The summed E-state index contributed by atoms with van der Waals surface area (Å²) in [5.41, 5.74) is 2.17. The first-order chi connectivity index (χ1) is 13.7. The Morgan fingerprint density at radius 2 is 1.11 bits per heavy atom. The van der Waals surface area contributed by atoms with Crippen LogP contribution in [0.3, 0.4) is 0 Å². The summed E-state index contributed by atoms with van der Waals surface area (Å²) in [5, 5.41) is 0. The molecule has 4 heteroatoms. The number of benzene rings is 2. The predicted octanol–water partition coefficient (Wildman–Crippen LogP) is 6.02. The molecule has 0 aromatic heterocycles. The molecule has 0 atom stereocenters. The smallest absolute Gasteiger partial charge is 0.191 e. The van der Waals surface area contributed by atoms with E-state index in [4.69, 9.17) is 0 Å². The Bertz CT molecular complexity index is 823. The first-order valence-corrected chi connectivity index (χ1v) is 11.3. The van der Waals surface area contributed by atoms with Gasteiger partial charge in [-0.05, 0) is 47.6 Å². The van der Waals surface area contributed by atoms with Crippen molar-refractivity contribution in [2.24, 2.45) is 0 Å². The molecule has 0 unspecified atom stereocenters. The molecule has 0 saturated carbocycles. The highest BCUT2D eigenvalue weighted by molar-refractivity contribution is 8.22. The van der Waals surface area contributed by atoms with Gasteiger partial charge in [-0.1, -0.05) is 72.8 Å². The zero-order valence-electron chi connectivity index (χ0n) is 15.5. The molecule has 0 radical (unpaired) electrons. The van der Waals surface area contributed by atoms with Crippen LogP contribution in [0.25, 0.3) is 12.2 Å². The summed E-state index contributed by atoms with van der Waals surface area (Å²) in [5.74, 6) is 1.42. The molecular formula is C24H22O2S2. The third-order valence-electron chi connectivity index (χ3n) is 4.16. The SMILES string of the molecule is O=C(C=Cc1ccccc1)C(C(=O)C=Cc1ccccc1)=C1SCCCCS1. The molecule has 2 aromatic rings. The average Bonchev–Trinajstić information content (AvgIpc) is 3.02. The van der Waals surface area contributed by atoms with Gasteiger partial charge in [0.15, 0.2) is 11.6 Å². The highest BCUT2D eigenvalue weighted by Crippen LogP contribution is 2.37. The monoisotopic (exact) mass is 406 g/mol. The summed E-state index contributed by atoms with van der Waals surface area (Å²) in [7, 11) is 0. The number of ketones is 2. The Morgan fingerprint density at radius 1 is 0.679 bits per heavy atom. The van der Waals surface area contributed by atoms with Gasteiger partial charge in [-0.2, -0.15) is 0 Å². The molecule has 1 aliphatic heterocycles. The highest BCUT2D eigenvalue weighted by atomic mass is 32.2. The first-order valence-electron chi connectivity index (χ1n) is 9.29. The van der Waals surface area contributed by atoms with E-state index in [-0.39, 0.29) is 17.1 Å². The van der Waals surface area contributed by atoms with E-state index in [0.29, 0.717) is 0 Å². The molecule has 2 nitrogen and oxygen atoms in total. The molecule has 0 spiro atoms. The topological polar surface area (TPSA) is 34.1 Å².